The Morgan fingerprint density at radius 3 is 2.28 bits per heavy atom. The molecule has 0 aliphatic rings. The number of ether oxygens (including phenoxy) is 1. The number of rotatable bonds is 7. The molecule has 1 N–H and O–H groups in total. The van der Waals surface area contributed by atoms with E-state index in [1.807, 2.05) is 19.2 Å². The molecule has 0 radical (unpaired) electrons. The van der Waals surface area contributed by atoms with Gasteiger partial charge in [0.05, 0.1) is 0 Å². The summed E-state index contributed by atoms with van der Waals surface area (Å²) in [5, 5.41) is 3.25. The second-order valence-corrected chi connectivity index (χ2v) is 4.54. The van der Waals surface area contributed by atoms with Crippen LogP contribution in [0, 0.1) is 5.92 Å². The van der Waals surface area contributed by atoms with Crippen LogP contribution >= 0.6 is 0 Å². The van der Waals surface area contributed by atoms with Gasteiger partial charge in [0.1, 0.15) is 5.75 Å². The minimum absolute atomic E-state index is 0.201. The molecule has 0 saturated heterocycles. The largest absolute Gasteiger partial charge is 0.435 e. The summed E-state index contributed by atoms with van der Waals surface area (Å²) in [7, 11) is 1.91. The average Bonchev–Trinajstić information content (AvgIpc) is 2.36. The normalized spacial score (nSPS) is 14.6. The molecule has 0 amide bonds. The zero-order chi connectivity index (χ0) is 13.5. The third kappa shape index (κ3) is 4.61. The number of alkyl halides is 2. The summed E-state index contributed by atoms with van der Waals surface area (Å²) >= 11 is 0. The molecule has 2 atom stereocenters. The van der Waals surface area contributed by atoms with Crippen LogP contribution in [0.5, 0.6) is 5.75 Å². The molecule has 1 aromatic rings. The summed E-state index contributed by atoms with van der Waals surface area (Å²) in [6.45, 7) is 1.60. The zero-order valence-electron chi connectivity index (χ0n) is 11.1. The Labute approximate surface area is 107 Å². The van der Waals surface area contributed by atoms with E-state index in [9.17, 15) is 8.78 Å². The van der Waals surface area contributed by atoms with Crippen molar-refractivity contribution in [3.8, 4) is 5.75 Å². The molecule has 1 rings (SSSR count). The van der Waals surface area contributed by atoms with Crippen molar-refractivity contribution in [1.29, 1.82) is 0 Å². The van der Waals surface area contributed by atoms with Crippen molar-refractivity contribution in [2.45, 2.75) is 39.3 Å². The highest BCUT2D eigenvalue weighted by Gasteiger charge is 2.13. The Bertz CT molecular complexity index is 340. The maximum absolute atomic E-state index is 12.0. The number of hydrogen-bond donors (Lipinski definition) is 1. The van der Waals surface area contributed by atoms with Gasteiger partial charge in [-0.3, -0.25) is 0 Å². The second-order valence-electron chi connectivity index (χ2n) is 4.54. The molecule has 0 bridgehead atoms. The van der Waals surface area contributed by atoms with Crippen LogP contribution in [0.15, 0.2) is 24.3 Å². The van der Waals surface area contributed by atoms with Gasteiger partial charge in [-0.05, 0) is 37.1 Å². The summed E-state index contributed by atoms with van der Waals surface area (Å²) < 4.78 is 28.4. The van der Waals surface area contributed by atoms with Gasteiger partial charge in [0.25, 0.3) is 0 Å². The molecule has 4 heteroatoms. The third-order valence-electron chi connectivity index (χ3n) is 3.19. The van der Waals surface area contributed by atoms with Crippen molar-refractivity contribution in [3.63, 3.8) is 0 Å². The van der Waals surface area contributed by atoms with Gasteiger partial charge < -0.3 is 10.1 Å². The van der Waals surface area contributed by atoms with Crippen LogP contribution in [-0.2, 0) is 0 Å². The third-order valence-corrected chi connectivity index (χ3v) is 3.19. The summed E-state index contributed by atoms with van der Waals surface area (Å²) in [4.78, 5) is 0. The van der Waals surface area contributed by atoms with Crippen molar-refractivity contribution in [1.82, 2.24) is 5.32 Å². The fraction of sp³-hybridized carbons (Fsp3) is 0.571. The van der Waals surface area contributed by atoms with Gasteiger partial charge >= 0.3 is 6.61 Å². The minimum atomic E-state index is -2.77. The van der Waals surface area contributed by atoms with E-state index in [1.54, 1.807) is 12.1 Å². The molecule has 0 spiro atoms. The molecule has 0 saturated carbocycles. The lowest BCUT2D eigenvalue weighted by Crippen LogP contribution is -2.18. The summed E-state index contributed by atoms with van der Waals surface area (Å²) in [5.74, 6) is 0.826. The quantitative estimate of drug-likeness (QED) is 0.797. The minimum Gasteiger partial charge on any atom is -0.435 e. The van der Waals surface area contributed by atoms with Crippen LogP contribution in [0.4, 0.5) is 8.78 Å². The first-order valence-corrected chi connectivity index (χ1v) is 6.28. The van der Waals surface area contributed by atoms with Crippen LogP contribution < -0.4 is 10.1 Å². The Morgan fingerprint density at radius 1 is 1.22 bits per heavy atom. The summed E-state index contributed by atoms with van der Waals surface area (Å²) in [6.07, 6.45) is 2.16. The molecule has 0 heterocycles. The Kier molecular flexibility index (Phi) is 6.05. The maximum Gasteiger partial charge on any atom is 0.387 e. The summed E-state index contributed by atoms with van der Waals surface area (Å²) in [6, 6.07) is 7.09. The van der Waals surface area contributed by atoms with Gasteiger partial charge in [0.15, 0.2) is 0 Å². The fourth-order valence-corrected chi connectivity index (χ4v) is 1.87. The van der Waals surface area contributed by atoms with Crippen molar-refractivity contribution in [2.24, 2.45) is 5.92 Å². The van der Waals surface area contributed by atoms with E-state index < -0.39 is 6.61 Å². The standard InChI is InChI=1S/C14H21F2NO/c1-4-10(2)9-13(17-3)11-5-7-12(8-6-11)18-14(15)16/h5-8,10,13-14,17H,4,9H2,1-3H3. The van der Waals surface area contributed by atoms with Crippen LogP contribution in [-0.4, -0.2) is 13.7 Å². The smallest absolute Gasteiger partial charge is 0.387 e. The first-order chi connectivity index (χ1) is 8.56. The Balaban J connectivity index is 2.69. The van der Waals surface area contributed by atoms with Gasteiger partial charge in [-0.15, -0.1) is 0 Å². The van der Waals surface area contributed by atoms with Gasteiger partial charge in [-0.25, -0.2) is 0 Å². The number of nitrogens with one attached hydrogen (secondary N) is 1. The van der Waals surface area contributed by atoms with E-state index in [1.165, 1.54) is 0 Å². The van der Waals surface area contributed by atoms with E-state index in [0.717, 1.165) is 18.4 Å². The van der Waals surface area contributed by atoms with Gasteiger partial charge in [-0.2, -0.15) is 8.78 Å². The zero-order valence-corrected chi connectivity index (χ0v) is 11.1. The van der Waals surface area contributed by atoms with Gasteiger partial charge in [-0.1, -0.05) is 32.4 Å². The lowest BCUT2D eigenvalue weighted by Gasteiger charge is -2.20. The lowest BCUT2D eigenvalue weighted by atomic mass is 9.94. The molecule has 1 aromatic carbocycles. The highest BCUT2D eigenvalue weighted by Crippen LogP contribution is 2.25. The monoisotopic (exact) mass is 257 g/mol. The second kappa shape index (κ2) is 7.31. The molecule has 0 aliphatic carbocycles. The Hall–Kier alpha value is -1.16. The van der Waals surface area contributed by atoms with E-state index >= 15 is 0 Å². The molecule has 0 fully saturated rings. The molecular formula is C14H21F2NO. The predicted molar refractivity (Wildman–Crippen MR) is 68.9 cm³/mol. The topological polar surface area (TPSA) is 21.3 Å². The van der Waals surface area contributed by atoms with E-state index in [4.69, 9.17) is 0 Å². The van der Waals surface area contributed by atoms with Crippen LogP contribution in [0.1, 0.15) is 38.3 Å². The van der Waals surface area contributed by atoms with Gasteiger partial charge in [0.2, 0.25) is 0 Å². The van der Waals surface area contributed by atoms with Crippen molar-refractivity contribution >= 4 is 0 Å². The number of hydrogen-bond acceptors (Lipinski definition) is 2. The Morgan fingerprint density at radius 2 is 1.83 bits per heavy atom. The first-order valence-electron chi connectivity index (χ1n) is 6.28. The number of halogens is 2. The predicted octanol–water partition coefficient (Wildman–Crippen LogP) is 3.98. The van der Waals surface area contributed by atoms with Crippen LogP contribution in [0.3, 0.4) is 0 Å². The van der Waals surface area contributed by atoms with E-state index in [0.29, 0.717) is 5.92 Å². The molecule has 18 heavy (non-hydrogen) atoms. The van der Waals surface area contributed by atoms with Gasteiger partial charge in [0, 0.05) is 6.04 Å². The summed E-state index contributed by atoms with van der Waals surface area (Å²) in [5.41, 5.74) is 1.10. The highest BCUT2D eigenvalue weighted by molar-refractivity contribution is 5.29. The van der Waals surface area contributed by atoms with Crippen LogP contribution in [0.25, 0.3) is 0 Å². The highest BCUT2D eigenvalue weighted by atomic mass is 19.3. The van der Waals surface area contributed by atoms with Crippen LogP contribution in [0.2, 0.25) is 0 Å². The van der Waals surface area contributed by atoms with Crippen molar-refractivity contribution in [3.05, 3.63) is 29.8 Å². The molecule has 102 valence electrons. The molecular weight excluding hydrogens is 236 g/mol. The van der Waals surface area contributed by atoms with E-state index in [2.05, 4.69) is 23.9 Å². The fourth-order valence-electron chi connectivity index (χ4n) is 1.87. The maximum atomic E-state index is 12.0. The average molecular weight is 257 g/mol. The first kappa shape index (κ1) is 14.9. The molecule has 0 aromatic heterocycles. The molecule has 2 nitrogen and oxygen atoms in total. The number of benzene rings is 1. The SMILES string of the molecule is CCC(C)CC(NC)c1ccc(OC(F)F)cc1. The van der Waals surface area contributed by atoms with Crippen molar-refractivity contribution < 1.29 is 13.5 Å². The molecule has 2 unspecified atom stereocenters. The van der Waals surface area contributed by atoms with E-state index in [-0.39, 0.29) is 11.8 Å². The lowest BCUT2D eigenvalue weighted by molar-refractivity contribution is -0.0498. The molecule has 0 aliphatic heterocycles. The van der Waals surface area contributed by atoms with Crippen molar-refractivity contribution in [2.75, 3.05) is 7.05 Å².